The first-order chi connectivity index (χ1) is 12.9. The fourth-order valence-electron chi connectivity index (χ4n) is 2.83. The third-order valence-corrected chi connectivity index (χ3v) is 4.82. The molecule has 0 radical (unpaired) electrons. The smallest absolute Gasteiger partial charge is 0.206 e. The van der Waals surface area contributed by atoms with Gasteiger partial charge in [-0.2, -0.15) is 10.4 Å². The highest BCUT2D eigenvalue weighted by atomic mass is 35.5. The van der Waals surface area contributed by atoms with Crippen LogP contribution >= 0.6 is 23.2 Å². The molecule has 1 heterocycles. The molecule has 1 aromatic heterocycles. The molecule has 0 unspecified atom stereocenters. The highest BCUT2D eigenvalue weighted by molar-refractivity contribution is 6.41. The number of para-hydroxylation sites is 1. The Labute approximate surface area is 167 Å². The average molecular weight is 396 g/mol. The molecule has 0 fully saturated rings. The van der Waals surface area contributed by atoms with E-state index in [-0.39, 0.29) is 21.2 Å². The van der Waals surface area contributed by atoms with Crippen molar-refractivity contribution in [2.24, 2.45) is 0 Å². The van der Waals surface area contributed by atoms with Gasteiger partial charge in [0.15, 0.2) is 0 Å². The Morgan fingerprint density at radius 1 is 1.07 bits per heavy atom. The summed E-state index contributed by atoms with van der Waals surface area (Å²) in [4.78, 5) is 12.8. The van der Waals surface area contributed by atoms with E-state index in [0.29, 0.717) is 11.3 Å². The van der Waals surface area contributed by atoms with Crippen molar-refractivity contribution in [2.75, 3.05) is 0 Å². The summed E-state index contributed by atoms with van der Waals surface area (Å²) in [5.74, 6) is -0.514. The van der Waals surface area contributed by atoms with Crippen molar-refractivity contribution < 1.29 is 4.79 Å². The average Bonchev–Trinajstić information content (AvgIpc) is 2.94. The topological polar surface area (TPSA) is 58.7 Å². The van der Waals surface area contributed by atoms with Gasteiger partial charge < -0.3 is 0 Å². The molecule has 27 heavy (non-hydrogen) atoms. The van der Waals surface area contributed by atoms with Crippen LogP contribution in [0.1, 0.15) is 27.3 Å². The lowest BCUT2D eigenvalue weighted by Crippen LogP contribution is -2.04. The van der Waals surface area contributed by atoms with Crippen LogP contribution in [0.15, 0.2) is 54.1 Å². The third kappa shape index (κ3) is 3.66. The zero-order chi connectivity index (χ0) is 19.6. The second-order valence-electron chi connectivity index (χ2n) is 5.93. The predicted octanol–water partition coefficient (Wildman–Crippen LogP) is 5.59. The van der Waals surface area contributed by atoms with Gasteiger partial charge in [0, 0.05) is 11.3 Å². The highest BCUT2D eigenvalue weighted by Gasteiger charge is 2.20. The van der Waals surface area contributed by atoms with Gasteiger partial charge in [-0.3, -0.25) is 4.79 Å². The van der Waals surface area contributed by atoms with Gasteiger partial charge in [0.2, 0.25) is 5.78 Å². The van der Waals surface area contributed by atoms with Crippen LogP contribution in [0.4, 0.5) is 0 Å². The van der Waals surface area contributed by atoms with Crippen molar-refractivity contribution >= 4 is 35.1 Å². The first-order valence-electron chi connectivity index (χ1n) is 8.16. The number of nitrogens with zero attached hydrogens (tertiary/aromatic N) is 3. The Hall–Kier alpha value is -2.87. The largest absolute Gasteiger partial charge is 0.288 e. The summed E-state index contributed by atoms with van der Waals surface area (Å²) in [5, 5.41) is 14.5. The first-order valence-corrected chi connectivity index (χ1v) is 8.91. The minimum absolute atomic E-state index is 0.0520. The first kappa shape index (κ1) is 18.9. The minimum Gasteiger partial charge on any atom is -0.288 e. The van der Waals surface area contributed by atoms with Crippen molar-refractivity contribution in [2.45, 2.75) is 13.8 Å². The number of hydrogen-bond acceptors (Lipinski definition) is 3. The lowest BCUT2D eigenvalue weighted by Gasteiger charge is -2.06. The van der Waals surface area contributed by atoms with Crippen LogP contribution in [0.5, 0.6) is 0 Å². The fraction of sp³-hybridized carbons (Fsp3) is 0.0952. The van der Waals surface area contributed by atoms with Gasteiger partial charge in [0.05, 0.1) is 27.0 Å². The maximum Gasteiger partial charge on any atom is 0.206 e. The number of aryl methyl sites for hydroxylation is 1. The molecule has 4 nitrogen and oxygen atoms in total. The number of Topliss-reactive ketones (excluding diaryl/α,β-unsaturated/α-hetero) is 1. The molecular formula is C21H15Cl2N3O. The Morgan fingerprint density at radius 3 is 2.30 bits per heavy atom. The molecule has 0 bridgehead atoms. The van der Waals surface area contributed by atoms with Gasteiger partial charge in [-0.15, -0.1) is 0 Å². The third-order valence-electron chi connectivity index (χ3n) is 4.19. The van der Waals surface area contributed by atoms with Crippen LogP contribution in [0.3, 0.4) is 0 Å². The number of rotatable bonds is 4. The molecule has 134 valence electrons. The molecule has 0 spiro atoms. The summed E-state index contributed by atoms with van der Waals surface area (Å²) in [7, 11) is 0. The van der Waals surface area contributed by atoms with E-state index < -0.39 is 5.78 Å². The van der Waals surface area contributed by atoms with E-state index in [4.69, 9.17) is 23.2 Å². The van der Waals surface area contributed by atoms with E-state index in [2.05, 4.69) is 5.10 Å². The predicted molar refractivity (Wildman–Crippen MR) is 107 cm³/mol. The Morgan fingerprint density at radius 2 is 1.70 bits per heavy atom. The quantitative estimate of drug-likeness (QED) is 0.328. The van der Waals surface area contributed by atoms with Crippen LogP contribution < -0.4 is 0 Å². The normalized spacial score (nSPS) is 11.3. The van der Waals surface area contributed by atoms with E-state index in [9.17, 15) is 10.1 Å². The molecule has 2 aromatic carbocycles. The van der Waals surface area contributed by atoms with Gasteiger partial charge in [-0.1, -0.05) is 47.5 Å². The molecule has 0 N–H and O–H groups in total. The van der Waals surface area contributed by atoms with Crippen LogP contribution in [0.2, 0.25) is 10.0 Å². The zero-order valence-electron chi connectivity index (χ0n) is 14.7. The zero-order valence-corrected chi connectivity index (χ0v) is 16.2. The molecule has 0 amide bonds. The van der Waals surface area contributed by atoms with E-state index in [1.54, 1.807) is 29.0 Å². The highest BCUT2D eigenvalue weighted by Crippen LogP contribution is 2.28. The molecular weight excluding hydrogens is 381 g/mol. The summed E-state index contributed by atoms with van der Waals surface area (Å²) >= 11 is 12.2. The second kappa shape index (κ2) is 7.79. The van der Waals surface area contributed by atoms with E-state index in [1.165, 1.54) is 0 Å². The Kier molecular flexibility index (Phi) is 5.46. The number of hydrogen-bond donors (Lipinski definition) is 0. The maximum atomic E-state index is 12.8. The number of nitriles is 1. The molecule has 0 aliphatic heterocycles. The Bertz CT molecular complexity index is 1070. The summed E-state index contributed by atoms with van der Waals surface area (Å²) in [5.41, 5.74) is 3.22. The number of allylic oxidation sites excluding steroid dienone is 1. The SMILES string of the molecule is Cc1nn(-c2ccccc2)c(C)c1/C=C(\C#N)C(=O)c1c(Cl)cccc1Cl. The van der Waals surface area contributed by atoms with Crippen LogP contribution in [-0.2, 0) is 0 Å². The van der Waals surface area contributed by atoms with Crippen LogP contribution in [-0.4, -0.2) is 15.6 Å². The van der Waals surface area contributed by atoms with Crippen molar-refractivity contribution in [3.8, 4) is 11.8 Å². The summed E-state index contributed by atoms with van der Waals surface area (Å²) in [6.45, 7) is 3.72. The molecule has 0 aliphatic carbocycles. The minimum atomic E-state index is -0.514. The number of ketones is 1. The van der Waals surface area contributed by atoms with E-state index >= 15 is 0 Å². The molecule has 0 saturated heterocycles. The maximum absolute atomic E-state index is 12.8. The number of halogens is 2. The van der Waals surface area contributed by atoms with Crippen molar-refractivity contribution in [3.05, 3.63) is 86.7 Å². The van der Waals surface area contributed by atoms with Crippen LogP contribution in [0, 0.1) is 25.2 Å². The van der Waals surface area contributed by atoms with Crippen molar-refractivity contribution in [1.29, 1.82) is 5.26 Å². The lowest BCUT2D eigenvalue weighted by atomic mass is 10.0. The Balaban J connectivity index is 2.09. The molecule has 0 saturated carbocycles. The van der Waals surface area contributed by atoms with E-state index in [1.807, 2.05) is 50.2 Å². The van der Waals surface area contributed by atoms with Gasteiger partial charge in [-0.05, 0) is 44.2 Å². The molecule has 0 aliphatic rings. The number of carbonyl (C=O) groups is 1. The van der Waals surface area contributed by atoms with E-state index in [0.717, 1.165) is 11.4 Å². The van der Waals surface area contributed by atoms with Crippen molar-refractivity contribution in [1.82, 2.24) is 9.78 Å². The molecule has 3 aromatic rings. The van der Waals surface area contributed by atoms with Gasteiger partial charge in [0.25, 0.3) is 0 Å². The monoisotopic (exact) mass is 395 g/mol. The van der Waals surface area contributed by atoms with Gasteiger partial charge in [0.1, 0.15) is 11.6 Å². The second-order valence-corrected chi connectivity index (χ2v) is 6.74. The van der Waals surface area contributed by atoms with Crippen molar-refractivity contribution in [3.63, 3.8) is 0 Å². The molecule has 0 atom stereocenters. The van der Waals surface area contributed by atoms with Crippen LogP contribution in [0.25, 0.3) is 11.8 Å². The molecule has 3 rings (SSSR count). The standard InChI is InChI=1S/C21H15Cl2N3O/c1-13-17(14(2)26(25-13)16-7-4-3-5-8-16)11-15(12-24)21(27)20-18(22)9-6-10-19(20)23/h3-11H,1-2H3/b15-11+. The number of carbonyl (C=O) groups excluding carboxylic acids is 1. The summed E-state index contributed by atoms with van der Waals surface area (Å²) in [6, 6.07) is 16.4. The van der Waals surface area contributed by atoms with Gasteiger partial charge >= 0.3 is 0 Å². The fourth-order valence-corrected chi connectivity index (χ4v) is 3.40. The number of benzene rings is 2. The van der Waals surface area contributed by atoms with Gasteiger partial charge in [-0.25, -0.2) is 4.68 Å². The summed E-state index contributed by atoms with van der Waals surface area (Å²) in [6.07, 6.45) is 1.54. The molecule has 6 heteroatoms. The number of aromatic nitrogens is 2. The lowest BCUT2D eigenvalue weighted by molar-refractivity contribution is 0.104. The summed E-state index contributed by atoms with van der Waals surface area (Å²) < 4.78 is 1.78.